The summed E-state index contributed by atoms with van der Waals surface area (Å²) in [6.45, 7) is 0. The number of aromatic nitrogens is 4. The van der Waals surface area contributed by atoms with Crippen molar-refractivity contribution in [2.75, 3.05) is 0 Å². The number of aromatic amines is 1. The number of carbonyl (C=O) groups is 1. The van der Waals surface area contributed by atoms with Crippen molar-refractivity contribution in [3.8, 4) is 0 Å². The quantitative estimate of drug-likeness (QED) is 0.556. The van der Waals surface area contributed by atoms with Crippen LogP contribution in [0.2, 0.25) is 0 Å². The number of imidazole rings is 1. The Bertz CT molecular complexity index is 478. The maximum Gasteiger partial charge on any atom is 0.291 e. The largest absolute Gasteiger partial charge is 0.344 e. The van der Waals surface area contributed by atoms with Gasteiger partial charge < -0.3 is 4.98 Å². The summed E-state index contributed by atoms with van der Waals surface area (Å²) in [5.74, 6) is 0.135. The summed E-state index contributed by atoms with van der Waals surface area (Å²) in [5, 5.41) is 3.70. The second kappa shape index (κ2) is 4.78. The van der Waals surface area contributed by atoms with Gasteiger partial charge in [0.1, 0.15) is 11.5 Å². The fourth-order valence-corrected chi connectivity index (χ4v) is 0.974. The Balaban J connectivity index is 1.94. The maximum absolute atomic E-state index is 11.4. The molecule has 0 atom stereocenters. The van der Waals surface area contributed by atoms with E-state index in [4.69, 9.17) is 0 Å². The molecular weight excluding hydrogens is 208 g/mol. The van der Waals surface area contributed by atoms with E-state index in [1.807, 2.05) is 0 Å². The van der Waals surface area contributed by atoms with Crippen LogP contribution in [-0.2, 0) is 0 Å². The molecule has 0 bridgehead atoms. The number of rotatable bonds is 3. The van der Waals surface area contributed by atoms with Gasteiger partial charge in [-0.15, -0.1) is 0 Å². The third-order valence-electron chi connectivity index (χ3n) is 1.67. The number of carbonyl (C=O) groups excluding carboxylic acids is 1. The standard InChI is InChI=1S/C9H8N6O/c16-9(7-5-10-1-2-11-7)15-14-6-8-12-3-4-13-8/h1-6H,(H,12,13)(H,15,16)/b14-6+. The molecule has 16 heavy (non-hydrogen) atoms. The van der Waals surface area contributed by atoms with E-state index >= 15 is 0 Å². The van der Waals surface area contributed by atoms with E-state index in [0.29, 0.717) is 5.82 Å². The van der Waals surface area contributed by atoms with E-state index in [-0.39, 0.29) is 5.69 Å². The highest BCUT2D eigenvalue weighted by Crippen LogP contribution is 1.89. The molecule has 7 heteroatoms. The zero-order chi connectivity index (χ0) is 11.2. The first-order valence-corrected chi connectivity index (χ1v) is 4.45. The molecule has 0 saturated heterocycles. The van der Waals surface area contributed by atoms with E-state index in [9.17, 15) is 4.79 Å². The highest BCUT2D eigenvalue weighted by Gasteiger charge is 2.04. The molecule has 1 amide bonds. The summed E-state index contributed by atoms with van der Waals surface area (Å²) in [6.07, 6.45) is 8.93. The van der Waals surface area contributed by atoms with E-state index < -0.39 is 5.91 Å². The van der Waals surface area contributed by atoms with E-state index in [0.717, 1.165) is 0 Å². The molecule has 7 nitrogen and oxygen atoms in total. The second-order valence-corrected chi connectivity index (χ2v) is 2.76. The highest BCUT2D eigenvalue weighted by atomic mass is 16.2. The summed E-state index contributed by atoms with van der Waals surface area (Å²) in [6, 6.07) is 0. The molecule has 2 aromatic heterocycles. The number of hydrazone groups is 1. The Kier molecular flexibility index (Phi) is 2.98. The minimum Gasteiger partial charge on any atom is -0.344 e. The lowest BCUT2D eigenvalue weighted by atomic mass is 10.4. The van der Waals surface area contributed by atoms with Gasteiger partial charge in [-0.3, -0.25) is 9.78 Å². The van der Waals surface area contributed by atoms with E-state index in [1.165, 1.54) is 24.8 Å². The van der Waals surface area contributed by atoms with Crippen LogP contribution in [-0.4, -0.2) is 32.1 Å². The number of hydrogen-bond donors (Lipinski definition) is 2. The number of H-pyrrole nitrogens is 1. The Morgan fingerprint density at radius 3 is 3.00 bits per heavy atom. The molecule has 0 aliphatic carbocycles. The molecule has 0 spiro atoms. The highest BCUT2D eigenvalue weighted by molar-refractivity contribution is 5.92. The first-order chi connectivity index (χ1) is 7.86. The van der Waals surface area contributed by atoms with Gasteiger partial charge in [0, 0.05) is 24.8 Å². The van der Waals surface area contributed by atoms with Crippen LogP contribution in [0, 0.1) is 0 Å². The molecule has 2 N–H and O–H groups in total. The first kappa shape index (κ1) is 9.97. The predicted molar refractivity (Wildman–Crippen MR) is 55.7 cm³/mol. The van der Waals surface area contributed by atoms with Crippen LogP contribution in [0.15, 0.2) is 36.1 Å². The Morgan fingerprint density at radius 2 is 2.31 bits per heavy atom. The molecule has 0 fully saturated rings. The minimum atomic E-state index is -0.420. The van der Waals surface area contributed by atoms with Crippen molar-refractivity contribution in [2.24, 2.45) is 5.10 Å². The molecule has 2 heterocycles. The summed E-state index contributed by atoms with van der Waals surface area (Å²) in [7, 11) is 0. The van der Waals surface area contributed by atoms with Crippen molar-refractivity contribution in [3.05, 3.63) is 42.5 Å². The molecular formula is C9H8N6O. The monoisotopic (exact) mass is 216 g/mol. The lowest BCUT2D eigenvalue weighted by molar-refractivity contribution is 0.0949. The molecule has 2 aromatic rings. The van der Waals surface area contributed by atoms with Gasteiger partial charge in [0.05, 0.1) is 12.4 Å². The van der Waals surface area contributed by atoms with Crippen molar-refractivity contribution in [1.29, 1.82) is 0 Å². The second-order valence-electron chi connectivity index (χ2n) is 2.76. The smallest absolute Gasteiger partial charge is 0.291 e. The van der Waals surface area contributed by atoms with Gasteiger partial charge >= 0.3 is 0 Å². The number of amides is 1. The van der Waals surface area contributed by atoms with Crippen molar-refractivity contribution in [1.82, 2.24) is 25.4 Å². The van der Waals surface area contributed by atoms with Crippen LogP contribution in [0.3, 0.4) is 0 Å². The predicted octanol–water partition coefficient (Wildman–Crippen LogP) is -0.0364. The summed E-state index contributed by atoms with van der Waals surface area (Å²) in [4.78, 5) is 25.7. The van der Waals surface area contributed by atoms with E-state index in [1.54, 1.807) is 12.4 Å². The Morgan fingerprint density at radius 1 is 1.38 bits per heavy atom. The lowest BCUT2D eigenvalue weighted by Crippen LogP contribution is -2.19. The van der Waals surface area contributed by atoms with Gasteiger partial charge in [-0.05, 0) is 0 Å². The van der Waals surface area contributed by atoms with Crippen molar-refractivity contribution < 1.29 is 4.79 Å². The van der Waals surface area contributed by atoms with Gasteiger partial charge in [-0.1, -0.05) is 0 Å². The van der Waals surface area contributed by atoms with Gasteiger partial charge in [-0.25, -0.2) is 15.4 Å². The van der Waals surface area contributed by atoms with Crippen LogP contribution < -0.4 is 5.43 Å². The molecule has 0 radical (unpaired) electrons. The van der Waals surface area contributed by atoms with Crippen LogP contribution in [0.4, 0.5) is 0 Å². The topological polar surface area (TPSA) is 95.9 Å². The first-order valence-electron chi connectivity index (χ1n) is 4.45. The molecule has 0 aliphatic heterocycles. The third-order valence-corrected chi connectivity index (χ3v) is 1.67. The fourth-order valence-electron chi connectivity index (χ4n) is 0.974. The van der Waals surface area contributed by atoms with Crippen molar-refractivity contribution >= 4 is 12.1 Å². The van der Waals surface area contributed by atoms with Crippen LogP contribution >= 0.6 is 0 Å². The Hall–Kier alpha value is -2.57. The molecule has 0 saturated carbocycles. The Labute approximate surface area is 90.7 Å². The average molecular weight is 216 g/mol. The molecule has 0 aromatic carbocycles. The molecule has 0 unspecified atom stereocenters. The zero-order valence-electron chi connectivity index (χ0n) is 8.16. The summed E-state index contributed by atoms with van der Waals surface area (Å²) < 4.78 is 0. The van der Waals surface area contributed by atoms with Crippen molar-refractivity contribution in [3.63, 3.8) is 0 Å². The van der Waals surface area contributed by atoms with Crippen LogP contribution in [0.25, 0.3) is 0 Å². The maximum atomic E-state index is 11.4. The molecule has 80 valence electrons. The lowest BCUT2D eigenvalue weighted by Gasteiger charge is -1.96. The zero-order valence-corrected chi connectivity index (χ0v) is 8.16. The van der Waals surface area contributed by atoms with Gasteiger partial charge in [0.2, 0.25) is 0 Å². The summed E-state index contributed by atoms with van der Waals surface area (Å²) in [5.41, 5.74) is 2.51. The minimum absolute atomic E-state index is 0.207. The summed E-state index contributed by atoms with van der Waals surface area (Å²) >= 11 is 0. The van der Waals surface area contributed by atoms with Crippen LogP contribution in [0.1, 0.15) is 16.3 Å². The molecule has 2 rings (SSSR count). The van der Waals surface area contributed by atoms with Gasteiger partial charge in [0.25, 0.3) is 5.91 Å². The number of nitrogens with one attached hydrogen (secondary N) is 2. The number of hydrogen-bond acceptors (Lipinski definition) is 5. The third kappa shape index (κ3) is 2.47. The number of nitrogens with zero attached hydrogens (tertiary/aromatic N) is 4. The van der Waals surface area contributed by atoms with Gasteiger partial charge in [0.15, 0.2) is 0 Å². The van der Waals surface area contributed by atoms with Gasteiger partial charge in [-0.2, -0.15) is 5.10 Å². The fraction of sp³-hybridized carbons (Fsp3) is 0. The van der Waals surface area contributed by atoms with Crippen molar-refractivity contribution in [2.45, 2.75) is 0 Å². The average Bonchev–Trinajstić information content (AvgIpc) is 2.83. The SMILES string of the molecule is O=C(N/N=C/c1ncc[nH]1)c1cnccn1. The van der Waals surface area contributed by atoms with Crippen LogP contribution in [0.5, 0.6) is 0 Å². The van der Waals surface area contributed by atoms with E-state index in [2.05, 4.69) is 30.5 Å². The normalized spacial score (nSPS) is 10.5. The molecule has 0 aliphatic rings.